The summed E-state index contributed by atoms with van der Waals surface area (Å²) >= 11 is 0. The van der Waals surface area contributed by atoms with Crippen LogP contribution in [0.3, 0.4) is 0 Å². The number of carbonyl (C=O) groups excluding carboxylic acids is 2. The maximum Gasteiger partial charge on any atom is 0.253 e. The van der Waals surface area contributed by atoms with Crippen molar-refractivity contribution in [3.05, 3.63) is 83.9 Å². The van der Waals surface area contributed by atoms with Crippen molar-refractivity contribution in [2.24, 2.45) is 0 Å². The number of anilines is 2. The number of hydrogen-bond acceptors (Lipinski definition) is 4. The van der Waals surface area contributed by atoms with E-state index in [0.717, 1.165) is 27.9 Å². The van der Waals surface area contributed by atoms with Crippen LogP contribution in [0.2, 0.25) is 0 Å². The van der Waals surface area contributed by atoms with Crippen molar-refractivity contribution in [2.45, 2.75) is 25.8 Å². The van der Waals surface area contributed by atoms with Crippen LogP contribution >= 0.6 is 0 Å². The first-order chi connectivity index (χ1) is 16.5. The van der Waals surface area contributed by atoms with Gasteiger partial charge in [-0.2, -0.15) is 0 Å². The molecule has 7 nitrogen and oxygen atoms in total. The lowest BCUT2D eigenvalue weighted by atomic mass is 10.1. The summed E-state index contributed by atoms with van der Waals surface area (Å²) in [5, 5.41) is 2.92. The molecule has 7 heteroatoms. The number of aromatic nitrogens is 2. The Morgan fingerprint density at radius 3 is 2.50 bits per heavy atom. The Labute approximate surface area is 198 Å². The number of amides is 2. The van der Waals surface area contributed by atoms with Gasteiger partial charge in [-0.15, -0.1) is 0 Å². The number of benzene rings is 3. The van der Waals surface area contributed by atoms with Crippen molar-refractivity contribution < 1.29 is 14.3 Å². The third kappa shape index (κ3) is 4.12. The number of carbonyl (C=O) groups is 2. The molecule has 4 aromatic rings. The van der Waals surface area contributed by atoms with E-state index in [1.54, 1.807) is 12.0 Å². The highest BCUT2D eigenvalue weighted by Gasteiger charge is 2.40. The van der Waals surface area contributed by atoms with Crippen LogP contribution in [0.4, 0.5) is 11.6 Å². The van der Waals surface area contributed by atoms with Crippen molar-refractivity contribution in [2.75, 3.05) is 23.9 Å². The first kappa shape index (κ1) is 21.7. The average Bonchev–Trinajstić information content (AvgIpc) is 3.34. The van der Waals surface area contributed by atoms with Crippen LogP contribution in [0.1, 0.15) is 23.6 Å². The SMILES string of the molecule is COc1ccc(CCN2C(=O)[C@@H](CC(=O)Nc3ccc(C)cc3)n3c2nc2ccccc23)cc1. The minimum absolute atomic E-state index is 0.0408. The molecular weight excluding hydrogens is 428 g/mol. The predicted octanol–water partition coefficient (Wildman–Crippen LogP) is 4.51. The van der Waals surface area contributed by atoms with Crippen molar-refractivity contribution in [3.63, 3.8) is 0 Å². The molecule has 3 aromatic carbocycles. The molecule has 1 atom stereocenters. The van der Waals surface area contributed by atoms with E-state index in [-0.39, 0.29) is 18.2 Å². The van der Waals surface area contributed by atoms with Crippen molar-refractivity contribution >= 4 is 34.5 Å². The molecular formula is C27H26N4O3. The molecule has 0 unspecified atom stereocenters. The Bertz CT molecular complexity index is 1340. The molecule has 0 fully saturated rings. The lowest BCUT2D eigenvalue weighted by Gasteiger charge is -2.16. The van der Waals surface area contributed by atoms with Gasteiger partial charge in [0.05, 0.1) is 24.6 Å². The molecule has 0 saturated carbocycles. The van der Waals surface area contributed by atoms with Crippen molar-refractivity contribution in [1.29, 1.82) is 0 Å². The van der Waals surface area contributed by atoms with Gasteiger partial charge >= 0.3 is 0 Å². The Kier molecular flexibility index (Phi) is 5.76. The summed E-state index contributed by atoms with van der Waals surface area (Å²) < 4.78 is 7.13. The predicted molar refractivity (Wildman–Crippen MR) is 132 cm³/mol. The molecule has 34 heavy (non-hydrogen) atoms. The molecule has 0 radical (unpaired) electrons. The van der Waals surface area contributed by atoms with Gasteiger partial charge < -0.3 is 10.1 Å². The standard InChI is InChI=1S/C27H26N4O3/c1-18-7-11-20(12-8-18)28-25(32)17-24-26(33)30(16-15-19-9-13-21(34-2)14-10-19)27-29-22-5-3-4-6-23(22)31(24)27/h3-14,24H,15-17H2,1-2H3,(H,28,32)/t24-/m1/s1. The molecule has 5 rings (SSSR count). The van der Waals surface area contributed by atoms with Gasteiger partial charge in [0, 0.05) is 12.2 Å². The fraction of sp³-hybridized carbons (Fsp3) is 0.222. The van der Waals surface area contributed by atoms with E-state index in [1.165, 1.54) is 0 Å². The summed E-state index contributed by atoms with van der Waals surface area (Å²) in [7, 11) is 1.64. The number of hydrogen-bond donors (Lipinski definition) is 1. The molecule has 1 aromatic heterocycles. The third-order valence-electron chi connectivity index (χ3n) is 6.18. The van der Waals surface area contributed by atoms with Gasteiger partial charge in [0.2, 0.25) is 11.9 Å². The molecule has 1 N–H and O–H groups in total. The van der Waals surface area contributed by atoms with Crippen LogP contribution in [-0.4, -0.2) is 35.0 Å². The lowest BCUT2D eigenvalue weighted by Crippen LogP contribution is -2.33. The summed E-state index contributed by atoms with van der Waals surface area (Å²) in [5.41, 5.74) is 4.59. The summed E-state index contributed by atoms with van der Waals surface area (Å²) in [4.78, 5) is 32.8. The first-order valence-corrected chi connectivity index (χ1v) is 11.3. The summed E-state index contributed by atoms with van der Waals surface area (Å²) in [6.07, 6.45) is 0.709. The minimum atomic E-state index is -0.635. The van der Waals surface area contributed by atoms with E-state index in [1.807, 2.05) is 84.3 Å². The average molecular weight is 455 g/mol. The number of methoxy groups -OCH3 is 1. The zero-order valence-electron chi connectivity index (χ0n) is 19.2. The fourth-order valence-corrected chi connectivity index (χ4v) is 4.36. The van der Waals surface area contributed by atoms with Gasteiger partial charge in [0.15, 0.2) is 0 Å². The number of nitrogens with zero attached hydrogens (tertiary/aromatic N) is 3. The lowest BCUT2D eigenvalue weighted by molar-refractivity contribution is -0.124. The number of rotatable bonds is 7. The molecule has 2 heterocycles. The normalized spacial score (nSPS) is 14.9. The second-order valence-corrected chi connectivity index (χ2v) is 8.49. The summed E-state index contributed by atoms with van der Waals surface area (Å²) in [6.45, 7) is 2.47. The highest BCUT2D eigenvalue weighted by Crippen LogP contribution is 2.36. The van der Waals surface area contributed by atoms with Crippen LogP contribution in [-0.2, 0) is 16.0 Å². The molecule has 0 saturated heterocycles. The summed E-state index contributed by atoms with van der Waals surface area (Å²) in [5.74, 6) is 1.07. The monoisotopic (exact) mass is 454 g/mol. The summed E-state index contributed by atoms with van der Waals surface area (Å²) in [6, 6.07) is 22.5. The highest BCUT2D eigenvalue weighted by molar-refractivity contribution is 6.05. The maximum atomic E-state index is 13.5. The molecule has 0 aliphatic carbocycles. The van der Waals surface area contributed by atoms with Crippen LogP contribution in [0.25, 0.3) is 11.0 Å². The smallest absolute Gasteiger partial charge is 0.253 e. The third-order valence-corrected chi connectivity index (χ3v) is 6.18. The van der Waals surface area contributed by atoms with Crippen LogP contribution in [0.5, 0.6) is 5.75 Å². The van der Waals surface area contributed by atoms with Gasteiger partial charge in [0.25, 0.3) is 5.91 Å². The van der Waals surface area contributed by atoms with Gasteiger partial charge in [-0.25, -0.2) is 4.98 Å². The Balaban J connectivity index is 1.39. The number of para-hydroxylation sites is 2. The zero-order chi connectivity index (χ0) is 23.7. The first-order valence-electron chi connectivity index (χ1n) is 11.3. The van der Waals surface area contributed by atoms with Crippen LogP contribution in [0, 0.1) is 6.92 Å². The number of fused-ring (bicyclic) bond motifs is 3. The molecule has 172 valence electrons. The van der Waals surface area contributed by atoms with E-state index in [2.05, 4.69) is 5.32 Å². The fourth-order valence-electron chi connectivity index (χ4n) is 4.36. The molecule has 2 amide bonds. The molecule has 0 spiro atoms. The molecule has 1 aliphatic rings. The number of ether oxygens (including phenoxy) is 1. The zero-order valence-corrected chi connectivity index (χ0v) is 19.2. The Morgan fingerprint density at radius 1 is 1.03 bits per heavy atom. The topological polar surface area (TPSA) is 76.5 Å². The molecule has 1 aliphatic heterocycles. The van der Waals surface area contributed by atoms with Crippen LogP contribution < -0.4 is 15.0 Å². The van der Waals surface area contributed by atoms with Gasteiger partial charge in [-0.05, 0) is 55.3 Å². The van der Waals surface area contributed by atoms with Gasteiger partial charge in [-0.1, -0.05) is 42.0 Å². The number of aryl methyl sites for hydroxylation is 1. The van der Waals surface area contributed by atoms with Gasteiger partial charge in [0.1, 0.15) is 11.8 Å². The second kappa shape index (κ2) is 9.02. The Hall–Kier alpha value is -4.13. The van der Waals surface area contributed by atoms with E-state index in [9.17, 15) is 9.59 Å². The van der Waals surface area contributed by atoms with E-state index in [4.69, 9.17) is 9.72 Å². The van der Waals surface area contributed by atoms with Crippen LogP contribution in [0.15, 0.2) is 72.8 Å². The van der Waals surface area contributed by atoms with E-state index >= 15 is 0 Å². The maximum absolute atomic E-state index is 13.5. The number of imidazole rings is 1. The number of nitrogens with one attached hydrogen (secondary N) is 1. The largest absolute Gasteiger partial charge is 0.497 e. The van der Waals surface area contributed by atoms with Crippen molar-refractivity contribution in [1.82, 2.24) is 9.55 Å². The van der Waals surface area contributed by atoms with Gasteiger partial charge in [-0.3, -0.25) is 19.1 Å². The van der Waals surface area contributed by atoms with E-state index in [0.29, 0.717) is 24.6 Å². The van der Waals surface area contributed by atoms with Crippen molar-refractivity contribution in [3.8, 4) is 5.75 Å². The Morgan fingerprint density at radius 2 is 1.76 bits per heavy atom. The second-order valence-electron chi connectivity index (χ2n) is 8.49. The molecule has 0 bridgehead atoms. The quantitative estimate of drug-likeness (QED) is 0.446. The van der Waals surface area contributed by atoms with E-state index < -0.39 is 6.04 Å². The highest BCUT2D eigenvalue weighted by atomic mass is 16.5. The minimum Gasteiger partial charge on any atom is -0.497 e.